The van der Waals surface area contributed by atoms with Crippen molar-refractivity contribution >= 4 is 29.3 Å². The number of ether oxygens (including phenoxy) is 1. The number of esters is 1. The quantitative estimate of drug-likeness (QED) is 0.644. The summed E-state index contributed by atoms with van der Waals surface area (Å²) in [7, 11) is 1.32. The Morgan fingerprint density at radius 2 is 2.16 bits per heavy atom. The lowest BCUT2D eigenvalue weighted by atomic mass is 10.2. The topological polar surface area (TPSA) is 55.4 Å². The Hall–Kier alpha value is -1.56. The molecule has 1 aromatic rings. The maximum Gasteiger partial charge on any atom is 0.315 e. The molecule has 0 aliphatic carbocycles. The fraction of sp³-hybridized carbons (Fsp3) is 0.385. The Kier molecular flexibility index (Phi) is 6.35. The molecule has 1 amide bonds. The second kappa shape index (κ2) is 7.78. The predicted octanol–water partition coefficient (Wildman–Crippen LogP) is 2.37. The van der Waals surface area contributed by atoms with Crippen LogP contribution in [0.5, 0.6) is 0 Å². The van der Waals surface area contributed by atoms with Crippen molar-refractivity contribution in [2.45, 2.75) is 13.3 Å². The van der Waals surface area contributed by atoms with Crippen molar-refractivity contribution in [3.63, 3.8) is 0 Å². The Morgan fingerprint density at radius 3 is 2.84 bits per heavy atom. The fourth-order valence-corrected chi connectivity index (χ4v) is 2.09. The number of benzene rings is 1. The number of thioether (sulfide) groups is 1. The molecule has 0 unspecified atom stereocenters. The van der Waals surface area contributed by atoms with Gasteiger partial charge in [-0.05, 0) is 24.6 Å². The van der Waals surface area contributed by atoms with E-state index in [2.05, 4.69) is 10.1 Å². The number of carbonyl (C=O) groups is 2. The summed E-state index contributed by atoms with van der Waals surface area (Å²) in [5.74, 6) is -0.366. The molecule has 0 fully saturated rings. The van der Waals surface area contributed by atoms with Crippen LogP contribution in [0.15, 0.2) is 18.2 Å². The lowest BCUT2D eigenvalue weighted by molar-refractivity contribution is -0.137. The largest absolute Gasteiger partial charge is 0.468 e. The minimum atomic E-state index is -0.457. The zero-order valence-electron chi connectivity index (χ0n) is 10.9. The smallest absolute Gasteiger partial charge is 0.315 e. The van der Waals surface area contributed by atoms with E-state index < -0.39 is 5.82 Å². The average molecular weight is 285 g/mol. The van der Waals surface area contributed by atoms with E-state index in [0.29, 0.717) is 5.75 Å². The molecule has 1 rings (SSSR count). The summed E-state index contributed by atoms with van der Waals surface area (Å²) < 4.78 is 17.9. The van der Waals surface area contributed by atoms with Crippen LogP contribution in [0.2, 0.25) is 0 Å². The van der Waals surface area contributed by atoms with Crippen molar-refractivity contribution in [1.29, 1.82) is 0 Å². The number of amides is 1. The Bertz CT molecular complexity index is 465. The van der Waals surface area contributed by atoms with Crippen LogP contribution in [0.1, 0.15) is 12.0 Å². The molecule has 0 bridgehead atoms. The fourth-order valence-electron chi connectivity index (χ4n) is 1.33. The van der Waals surface area contributed by atoms with E-state index in [-0.39, 0.29) is 29.7 Å². The van der Waals surface area contributed by atoms with Crippen LogP contribution in [-0.2, 0) is 14.3 Å². The van der Waals surface area contributed by atoms with Crippen LogP contribution >= 0.6 is 11.8 Å². The van der Waals surface area contributed by atoms with E-state index >= 15 is 0 Å². The molecule has 4 nitrogen and oxygen atoms in total. The number of carbonyl (C=O) groups excluding carboxylic acids is 2. The number of hydrogen-bond donors (Lipinski definition) is 1. The van der Waals surface area contributed by atoms with E-state index in [1.807, 2.05) is 6.92 Å². The molecule has 0 saturated carbocycles. The molecule has 1 aromatic carbocycles. The van der Waals surface area contributed by atoms with Gasteiger partial charge < -0.3 is 10.1 Å². The molecular weight excluding hydrogens is 269 g/mol. The summed E-state index contributed by atoms with van der Waals surface area (Å²) in [6.07, 6.45) is 0.217. The first kappa shape index (κ1) is 15.5. The lowest BCUT2D eigenvalue weighted by Gasteiger charge is -2.07. The van der Waals surface area contributed by atoms with Gasteiger partial charge in [0.15, 0.2) is 0 Å². The van der Waals surface area contributed by atoms with Crippen molar-refractivity contribution in [3.8, 4) is 0 Å². The van der Waals surface area contributed by atoms with Crippen LogP contribution < -0.4 is 5.32 Å². The number of hydrogen-bond acceptors (Lipinski definition) is 4. The molecule has 0 aliphatic heterocycles. The summed E-state index contributed by atoms with van der Waals surface area (Å²) >= 11 is 1.30. The number of methoxy groups -OCH3 is 1. The first-order valence-corrected chi connectivity index (χ1v) is 6.89. The average Bonchev–Trinajstić information content (AvgIpc) is 2.38. The summed E-state index contributed by atoms with van der Waals surface area (Å²) in [6.45, 7) is 1.82. The van der Waals surface area contributed by atoms with Gasteiger partial charge in [0.05, 0.1) is 18.6 Å². The van der Waals surface area contributed by atoms with Gasteiger partial charge in [-0.3, -0.25) is 9.59 Å². The van der Waals surface area contributed by atoms with Crippen LogP contribution in [0.4, 0.5) is 10.1 Å². The molecular formula is C13H16FNO3S. The molecule has 104 valence electrons. The van der Waals surface area contributed by atoms with E-state index in [0.717, 1.165) is 5.56 Å². The van der Waals surface area contributed by atoms with Crippen LogP contribution in [0, 0.1) is 12.7 Å². The van der Waals surface area contributed by atoms with Gasteiger partial charge in [-0.25, -0.2) is 4.39 Å². The van der Waals surface area contributed by atoms with Gasteiger partial charge in [0.1, 0.15) is 5.82 Å². The number of anilines is 1. The van der Waals surface area contributed by atoms with E-state index in [1.54, 1.807) is 12.1 Å². The van der Waals surface area contributed by atoms with Gasteiger partial charge in [0, 0.05) is 12.2 Å². The van der Waals surface area contributed by atoms with Crippen molar-refractivity contribution in [2.24, 2.45) is 0 Å². The number of halogens is 1. The second-order valence-electron chi connectivity index (χ2n) is 3.91. The normalized spacial score (nSPS) is 10.1. The Balaban J connectivity index is 2.35. The number of nitrogens with one attached hydrogen (secondary N) is 1. The van der Waals surface area contributed by atoms with Crippen molar-refractivity contribution in [2.75, 3.05) is 23.9 Å². The third-order valence-electron chi connectivity index (χ3n) is 2.32. The summed E-state index contributed by atoms with van der Waals surface area (Å²) in [6, 6.07) is 4.53. The molecule has 0 aromatic heterocycles. The zero-order chi connectivity index (χ0) is 14.3. The minimum absolute atomic E-state index is 0.183. The van der Waals surface area contributed by atoms with Gasteiger partial charge in [-0.2, -0.15) is 0 Å². The predicted molar refractivity (Wildman–Crippen MR) is 73.7 cm³/mol. The minimum Gasteiger partial charge on any atom is -0.468 e. The molecule has 0 saturated heterocycles. The van der Waals surface area contributed by atoms with Crippen molar-refractivity contribution in [3.05, 3.63) is 29.6 Å². The molecule has 0 aliphatic rings. The SMILES string of the molecule is COC(=O)CSCCC(=O)Nc1cc(C)ccc1F. The molecule has 19 heavy (non-hydrogen) atoms. The summed E-state index contributed by atoms with van der Waals surface area (Å²) in [5.41, 5.74) is 1.06. The molecule has 0 radical (unpaired) electrons. The highest BCUT2D eigenvalue weighted by atomic mass is 32.2. The van der Waals surface area contributed by atoms with E-state index in [4.69, 9.17) is 0 Å². The van der Waals surface area contributed by atoms with Crippen molar-refractivity contribution in [1.82, 2.24) is 0 Å². The first-order valence-electron chi connectivity index (χ1n) is 5.73. The zero-order valence-corrected chi connectivity index (χ0v) is 11.7. The number of rotatable bonds is 6. The molecule has 0 atom stereocenters. The second-order valence-corrected chi connectivity index (χ2v) is 5.02. The van der Waals surface area contributed by atoms with Gasteiger partial charge in [0.25, 0.3) is 0 Å². The van der Waals surface area contributed by atoms with Crippen LogP contribution in [0.3, 0.4) is 0 Å². The molecule has 6 heteroatoms. The lowest BCUT2D eigenvalue weighted by Crippen LogP contribution is -2.14. The van der Waals surface area contributed by atoms with Gasteiger partial charge >= 0.3 is 5.97 Å². The Labute approximate surface area is 115 Å². The molecule has 1 N–H and O–H groups in total. The maximum atomic E-state index is 13.4. The Morgan fingerprint density at radius 1 is 1.42 bits per heavy atom. The highest BCUT2D eigenvalue weighted by molar-refractivity contribution is 7.99. The maximum absolute atomic E-state index is 13.4. The third-order valence-corrected chi connectivity index (χ3v) is 3.25. The van der Waals surface area contributed by atoms with Crippen LogP contribution in [-0.4, -0.2) is 30.5 Å². The van der Waals surface area contributed by atoms with Crippen LogP contribution in [0.25, 0.3) is 0 Å². The van der Waals surface area contributed by atoms with Gasteiger partial charge in [0.2, 0.25) is 5.91 Å². The highest BCUT2D eigenvalue weighted by Crippen LogP contribution is 2.16. The first-order chi connectivity index (χ1) is 9.02. The molecule has 0 heterocycles. The summed E-state index contributed by atoms with van der Waals surface area (Å²) in [5, 5.41) is 2.51. The third kappa shape index (κ3) is 5.74. The van der Waals surface area contributed by atoms with Gasteiger partial charge in [-0.1, -0.05) is 6.07 Å². The van der Waals surface area contributed by atoms with E-state index in [1.165, 1.54) is 24.9 Å². The van der Waals surface area contributed by atoms with Gasteiger partial charge in [-0.15, -0.1) is 11.8 Å². The van der Waals surface area contributed by atoms with E-state index in [9.17, 15) is 14.0 Å². The number of aryl methyl sites for hydroxylation is 1. The summed E-state index contributed by atoms with van der Waals surface area (Å²) in [4.78, 5) is 22.4. The van der Waals surface area contributed by atoms with Crippen molar-refractivity contribution < 1.29 is 18.7 Å². The molecule has 0 spiro atoms. The highest BCUT2D eigenvalue weighted by Gasteiger charge is 2.08. The monoisotopic (exact) mass is 285 g/mol. The standard InChI is InChI=1S/C13H16FNO3S/c1-9-3-4-10(14)11(7-9)15-12(16)5-6-19-8-13(17)18-2/h3-4,7H,5-6,8H2,1-2H3,(H,15,16).